The van der Waals surface area contributed by atoms with Gasteiger partial charge in [-0.05, 0) is 65.2 Å². The second-order valence-electron chi connectivity index (χ2n) is 8.11. The maximum atomic E-state index is 3.97. The Morgan fingerprint density at radius 3 is 1.95 bits per heavy atom. The van der Waals surface area contributed by atoms with Crippen LogP contribution in [0.1, 0.15) is 79.1 Å². The van der Waals surface area contributed by atoms with E-state index in [-0.39, 0.29) is 0 Å². The van der Waals surface area contributed by atoms with Crippen LogP contribution in [-0.2, 0) is 0 Å². The van der Waals surface area contributed by atoms with Crippen LogP contribution in [0, 0.1) is 5.92 Å². The molecule has 1 aliphatic carbocycles. The van der Waals surface area contributed by atoms with Crippen LogP contribution in [0.15, 0.2) is 0 Å². The largest absolute Gasteiger partial charge is 0.311 e. The molecular formula is C18H36N2. The van der Waals surface area contributed by atoms with Gasteiger partial charge in [-0.2, -0.15) is 0 Å². The van der Waals surface area contributed by atoms with Gasteiger partial charge in [-0.3, -0.25) is 4.90 Å². The molecule has 0 amide bonds. The van der Waals surface area contributed by atoms with Crippen molar-refractivity contribution in [2.75, 3.05) is 13.1 Å². The number of rotatable bonds is 4. The summed E-state index contributed by atoms with van der Waals surface area (Å²) >= 11 is 0. The van der Waals surface area contributed by atoms with E-state index in [1.54, 1.807) is 0 Å². The van der Waals surface area contributed by atoms with E-state index in [9.17, 15) is 0 Å². The molecule has 0 spiro atoms. The van der Waals surface area contributed by atoms with Gasteiger partial charge in [0.1, 0.15) is 0 Å². The molecule has 1 N–H and O–H groups in total. The van der Waals surface area contributed by atoms with Gasteiger partial charge in [-0.1, -0.05) is 19.8 Å². The van der Waals surface area contributed by atoms with Gasteiger partial charge < -0.3 is 5.32 Å². The summed E-state index contributed by atoms with van der Waals surface area (Å²) in [5, 5.41) is 3.97. The van der Waals surface area contributed by atoms with E-state index in [1.807, 2.05) is 0 Å². The molecule has 0 bridgehead atoms. The lowest BCUT2D eigenvalue weighted by Gasteiger charge is -2.42. The van der Waals surface area contributed by atoms with Crippen LogP contribution in [0.5, 0.6) is 0 Å². The Labute approximate surface area is 126 Å². The van der Waals surface area contributed by atoms with Crippen LogP contribution in [0.4, 0.5) is 0 Å². The smallest absolute Gasteiger partial charge is 0.0125 e. The van der Waals surface area contributed by atoms with Crippen molar-refractivity contribution in [3.8, 4) is 0 Å². The number of hydrogen-bond donors (Lipinski definition) is 1. The van der Waals surface area contributed by atoms with Crippen molar-refractivity contribution < 1.29 is 0 Å². The predicted molar refractivity (Wildman–Crippen MR) is 88.1 cm³/mol. The highest BCUT2D eigenvalue weighted by Gasteiger charge is 2.29. The molecule has 20 heavy (non-hydrogen) atoms. The van der Waals surface area contributed by atoms with E-state index >= 15 is 0 Å². The standard InChI is InChI=1S/C18H36N2/c1-5-6-15-7-9-16(10-8-15)19-17-11-13-20(14-12-17)18(2,3)4/h15-17,19H,5-14H2,1-4H3. The topological polar surface area (TPSA) is 15.3 Å². The zero-order valence-electron chi connectivity index (χ0n) is 14.3. The van der Waals surface area contributed by atoms with Gasteiger partial charge in [0, 0.05) is 30.7 Å². The van der Waals surface area contributed by atoms with Crippen LogP contribution in [0.2, 0.25) is 0 Å². The van der Waals surface area contributed by atoms with Crippen molar-refractivity contribution in [2.24, 2.45) is 5.92 Å². The molecule has 2 aliphatic rings. The molecule has 1 saturated carbocycles. The average molecular weight is 280 g/mol. The molecule has 2 fully saturated rings. The minimum atomic E-state index is 0.350. The summed E-state index contributed by atoms with van der Waals surface area (Å²) < 4.78 is 0. The Balaban J connectivity index is 1.66. The Hall–Kier alpha value is -0.0800. The lowest BCUT2D eigenvalue weighted by Crippen LogP contribution is -2.51. The van der Waals surface area contributed by atoms with Gasteiger partial charge in [0.2, 0.25) is 0 Å². The van der Waals surface area contributed by atoms with E-state index in [2.05, 4.69) is 37.9 Å². The Bertz CT molecular complexity index is 266. The number of likely N-dealkylation sites (tertiary alicyclic amines) is 1. The van der Waals surface area contributed by atoms with Gasteiger partial charge in [0.05, 0.1) is 0 Å². The number of piperidine rings is 1. The molecule has 0 atom stereocenters. The Morgan fingerprint density at radius 1 is 0.900 bits per heavy atom. The fourth-order valence-electron chi connectivity index (χ4n) is 4.08. The first-order valence-electron chi connectivity index (χ1n) is 9.00. The highest BCUT2D eigenvalue weighted by Crippen LogP contribution is 2.29. The zero-order chi connectivity index (χ0) is 14.6. The van der Waals surface area contributed by atoms with Crippen molar-refractivity contribution in [3.05, 3.63) is 0 Å². The van der Waals surface area contributed by atoms with Crippen LogP contribution in [0.3, 0.4) is 0 Å². The molecule has 0 radical (unpaired) electrons. The second kappa shape index (κ2) is 7.26. The van der Waals surface area contributed by atoms with Crippen LogP contribution < -0.4 is 5.32 Å². The molecule has 2 rings (SSSR count). The maximum Gasteiger partial charge on any atom is 0.0125 e. The summed E-state index contributed by atoms with van der Waals surface area (Å²) in [4.78, 5) is 2.64. The summed E-state index contributed by atoms with van der Waals surface area (Å²) in [6.07, 6.45) is 11.3. The van der Waals surface area contributed by atoms with Crippen molar-refractivity contribution in [2.45, 2.75) is 96.7 Å². The van der Waals surface area contributed by atoms with Crippen LogP contribution in [0.25, 0.3) is 0 Å². The highest BCUT2D eigenvalue weighted by molar-refractivity contribution is 4.87. The van der Waals surface area contributed by atoms with Crippen LogP contribution >= 0.6 is 0 Å². The third-order valence-electron chi connectivity index (χ3n) is 5.46. The summed E-state index contributed by atoms with van der Waals surface area (Å²) in [7, 11) is 0. The normalized spacial score (nSPS) is 30.6. The van der Waals surface area contributed by atoms with Gasteiger partial charge in [0.25, 0.3) is 0 Å². The molecule has 2 nitrogen and oxygen atoms in total. The summed E-state index contributed by atoms with van der Waals surface area (Å²) in [6, 6.07) is 1.59. The molecule has 0 aromatic heterocycles. The molecule has 1 aliphatic heterocycles. The van der Waals surface area contributed by atoms with Crippen molar-refractivity contribution >= 4 is 0 Å². The first-order chi connectivity index (χ1) is 9.49. The molecule has 1 saturated heterocycles. The Kier molecular flexibility index (Phi) is 5.92. The zero-order valence-corrected chi connectivity index (χ0v) is 14.3. The SMILES string of the molecule is CCCC1CCC(NC2CCN(C(C)(C)C)CC2)CC1. The summed E-state index contributed by atoms with van der Waals surface area (Å²) in [6.45, 7) is 11.9. The summed E-state index contributed by atoms with van der Waals surface area (Å²) in [5.74, 6) is 1.03. The summed E-state index contributed by atoms with van der Waals surface area (Å²) in [5.41, 5.74) is 0.350. The van der Waals surface area contributed by atoms with E-state index in [0.717, 1.165) is 18.0 Å². The third kappa shape index (κ3) is 4.73. The fraction of sp³-hybridized carbons (Fsp3) is 1.00. The maximum absolute atomic E-state index is 3.97. The number of nitrogens with one attached hydrogen (secondary N) is 1. The minimum absolute atomic E-state index is 0.350. The number of nitrogens with zero attached hydrogens (tertiary/aromatic N) is 1. The quantitative estimate of drug-likeness (QED) is 0.830. The molecule has 0 unspecified atom stereocenters. The highest BCUT2D eigenvalue weighted by atomic mass is 15.2. The van der Waals surface area contributed by atoms with Gasteiger partial charge in [-0.15, -0.1) is 0 Å². The Morgan fingerprint density at radius 2 is 1.45 bits per heavy atom. The third-order valence-corrected chi connectivity index (χ3v) is 5.46. The van der Waals surface area contributed by atoms with Crippen molar-refractivity contribution in [1.29, 1.82) is 0 Å². The molecule has 0 aromatic rings. The molecule has 1 heterocycles. The van der Waals surface area contributed by atoms with E-state index in [4.69, 9.17) is 0 Å². The van der Waals surface area contributed by atoms with E-state index in [0.29, 0.717) is 5.54 Å². The van der Waals surface area contributed by atoms with Gasteiger partial charge in [0.15, 0.2) is 0 Å². The lowest BCUT2D eigenvalue weighted by atomic mass is 9.83. The lowest BCUT2D eigenvalue weighted by molar-refractivity contribution is 0.0911. The van der Waals surface area contributed by atoms with Crippen LogP contribution in [-0.4, -0.2) is 35.6 Å². The first-order valence-corrected chi connectivity index (χ1v) is 9.00. The minimum Gasteiger partial charge on any atom is -0.311 e. The molecular weight excluding hydrogens is 244 g/mol. The van der Waals surface area contributed by atoms with Gasteiger partial charge >= 0.3 is 0 Å². The predicted octanol–water partition coefficient (Wildman–Crippen LogP) is 4.20. The van der Waals surface area contributed by atoms with Crippen molar-refractivity contribution in [3.63, 3.8) is 0 Å². The second-order valence-corrected chi connectivity index (χ2v) is 8.11. The van der Waals surface area contributed by atoms with E-state index in [1.165, 1.54) is 64.5 Å². The molecule has 118 valence electrons. The molecule has 2 heteroatoms. The fourth-order valence-corrected chi connectivity index (χ4v) is 4.08. The average Bonchev–Trinajstić information content (AvgIpc) is 2.41. The first kappa shape index (κ1) is 16.3. The number of hydrogen-bond acceptors (Lipinski definition) is 2. The van der Waals surface area contributed by atoms with Gasteiger partial charge in [-0.25, -0.2) is 0 Å². The van der Waals surface area contributed by atoms with Crippen molar-refractivity contribution in [1.82, 2.24) is 10.2 Å². The molecule has 0 aromatic carbocycles. The van der Waals surface area contributed by atoms with E-state index < -0.39 is 0 Å². The monoisotopic (exact) mass is 280 g/mol.